The quantitative estimate of drug-likeness (QED) is 0.625. The molecule has 0 nitrogen and oxygen atoms in total. The van der Waals surface area contributed by atoms with Gasteiger partial charge < -0.3 is 0 Å². The maximum Gasteiger partial charge on any atom is 0.0627 e. The molecule has 2 saturated carbocycles. The first kappa shape index (κ1) is 12.6. The number of rotatable bonds is 4. The van der Waals surface area contributed by atoms with Gasteiger partial charge in [-0.05, 0) is 48.9 Å². The van der Waals surface area contributed by atoms with Crippen LogP contribution >= 0.6 is 0 Å². The second kappa shape index (κ2) is 4.10. The average molecular weight is 214 g/mol. The second-order valence-electron chi connectivity index (χ2n) is 6.82. The summed E-state index contributed by atoms with van der Waals surface area (Å²) < 4.78 is 0. The van der Waals surface area contributed by atoms with E-state index in [0.717, 1.165) is 30.6 Å². The predicted molar refractivity (Wildman–Crippen MR) is 71.8 cm³/mol. The van der Waals surface area contributed by atoms with Crippen LogP contribution in [0.25, 0.3) is 0 Å². The monoisotopic (exact) mass is 214 g/mol. The zero-order chi connectivity index (χ0) is 12.0. The van der Waals surface area contributed by atoms with E-state index in [9.17, 15) is 0 Å². The van der Waals surface area contributed by atoms with E-state index in [1.165, 1.54) is 25.7 Å². The SMILES string of the molecule is [B]C([B])(CC1C2CCC1CC2)C(C)(C)CC. The van der Waals surface area contributed by atoms with Gasteiger partial charge in [-0.1, -0.05) is 38.8 Å². The van der Waals surface area contributed by atoms with Crippen LogP contribution in [0.3, 0.4) is 0 Å². The van der Waals surface area contributed by atoms with Gasteiger partial charge in [0.2, 0.25) is 0 Å². The standard InChI is InChI=1S/C14H24B2/c1-4-13(2,3)14(15,16)9-12-10-5-6-11(12)8-7-10/h10-12H,4-9H2,1-3H3. The van der Waals surface area contributed by atoms with Crippen LogP contribution in [0.2, 0.25) is 5.21 Å². The van der Waals surface area contributed by atoms with E-state index >= 15 is 0 Å². The number of hydrogen-bond donors (Lipinski definition) is 0. The molecular weight excluding hydrogens is 190 g/mol. The van der Waals surface area contributed by atoms with Gasteiger partial charge in [-0.15, -0.1) is 0 Å². The summed E-state index contributed by atoms with van der Waals surface area (Å²) in [5.41, 5.74) is 0.0506. The third-order valence-electron chi connectivity index (χ3n) is 5.74. The van der Waals surface area contributed by atoms with Crippen LogP contribution < -0.4 is 0 Å². The minimum absolute atomic E-state index is 0.0506. The van der Waals surface area contributed by atoms with E-state index in [1.807, 2.05) is 0 Å². The zero-order valence-corrected chi connectivity index (χ0v) is 11.1. The van der Waals surface area contributed by atoms with Crippen LogP contribution in [0.4, 0.5) is 0 Å². The Kier molecular flexibility index (Phi) is 3.23. The summed E-state index contributed by atoms with van der Waals surface area (Å²) in [7, 11) is 12.8. The molecular formula is C14H24B2. The molecule has 0 heterocycles. The van der Waals surface area contributed by atoms with Gasteiger partial charge in [0.1, 0.15) is 0 Å². The highest BCUT2D eigenvalue weighted by molar-refractivity contribution is 6.40. The molecule has 0 aromatic carbocycles. The molecule has 0 spiro atoms. The van der Waals surface area contributed by atoms with E-state index in [0.29, 0.717) is 0 Å². The second-order valence-corrected chi connectivity index (χ2v) is 6.82. The maximum absolute atomic E-state index is 6.41. The lowest BCUT2D eigenvalue weighted by Crippen LogP contribution is -2.34. The van der Waals surface area contributed by atoms with Crippen molar-refractivity contribution in [1.82, 2.24) is 0 Å². The number of hydrogen-bond acceptors (Lipinski definition) is 0. The molecule has 0 saturated heterocycles. The highest BCUT2D eigenvalue weighted by Gasteiger charge is 2.45. The lowest BCUT2D eigenvalue weighted by atomic mass is 9.39. The Morgan fingerprint density at radius 1 is 1.00 bits per heavy atom. The first-order chi connectivity index (χ1) is 7.37. The van der Waals surface area contributed by atoms with Crippen molar-refractivity contribution in [2.75, 3.05) is 0 Å². The fourth-order valence-electron chi connectivity index (χ4n) is 3.71. The van der Waals surface area contributed by atoms with Gasteiger partial charge in [0.15, 0.2) is 0 Å². The molecule has 2 aliphatic rings. The molecule has 86 valence electrons. The van der Waals surface area contributed by atoms with E-state index in [-0.39, 0.29) is 5.41 Å². The molecule has 16 heavy (non-hydrogen) atoms. The molecule has 0 aromatic rings. The van der Waals surface area contributed by atoms with Crippen LogP contribution in [0.1, 0.15) is 59.3 Å². The molecule has 0 amide bonds. The van der Waals surface area contributed by atoms with Crippen molar-refractivity contribution >= 4 is 15.7 Å². The molecule has 4 radical (unpaired) electrons. The van der Waals surface area contributed by atoms with E-state index in [1.54, 1.807) is 0 Å². The highest BCUT2D eigenvalue weighted by Crippen LogP contribution is 2.57. The smallest absolute Gasteiger partial charge is 0.0627 e. The molecule has 2 fully saturated rings. The molecule has 2 heteroatoms. The maximum atomic E-state index is 6.41. The normalized spacial score (nSPS) is 34.6. The van der Waals surface area contributed by atoms with Crippen LogP contribution in [-0.2, 0) is 0 Å². The van der Waals surface area contributed by atoms with Gasteiger partial charge >= 0.3 is 0 Å². The predicted octanol–water partition coefficient (Wildman–Crippen LogP) is 3.70. The van der Waals surface area contributed by atoms with Crippen LogP contribution in [0.5, 0.6) is 0 Å². The summed E-state index contributed by atoms with van der Waals surface area (Å²) in [5.74, 6) is 2.69. The summed E-state index contributed by atoms with van der Waals surface area (Å²) in [4.78, 5) is 0. The molecule has 2 rings (SSSR count). The van der Waals surface area contributed by atoms with Crippen LogP contribution in [-0.4, -0.2) is 15.7 Å². The van der Waals surface area contributed by atoms with E-state index in [4.69, 9.17) is 15.7 Å². The van der Waals surface area contributed by atoms with Crippen molar-refractivity contribution in [3.8, 4) is 0 Å². The highest BCUT2D eigenvalue weighted by atomic mass is 14.5. The minimum atomic E-state index is -0.488. The summed E-state index contributed by atoms with van der Waals surface area (Å²) in [6.45, 7) is 6.62. The molecule has 0 aliphatic heterocycles. The average Bonchev–Trinajstić information content (AvgIpc) is 2.77. The Bertz CT molecular complexity index is 237. The van der Waals surface area contributed by atoms with Gasteiger partial charge in [0.25, 0.3) is 0 Å². The lowest BCUT2D eigenvalue weighted by molar-refractivity contribution is 0.230. The fraction of sp³-hybridized carbons (Fsp3) is 1.00. The minimum Gasteiger partial charge on any atom is -0.0938 e. The third-order valence-corrected chi connectivity index (χ3v) is 5.74. The van der Waals surface area contributed by atoms with Gasteiger partial charge in [0, 0.05) is 0 Å². The Balaban J connectivity index is 2.04. The molecule has 2 aliphatic carbocycles. The topological polar surface area (TPSA) is 0 Å². The third kappa shape index (κ3) is 1.97. The first-order valence-corrected chi connectivity index (χ1v) is 6.95. The van der Waals surface area contributed by atoms with Crippen LogP contribution in [0, 0.1) is 23.2 Å². The summed E-state index contributed by atoms with van der Waals surface area (Å²) in [5, 5.41) is -0.488. The van der Waals surface area contributed by atoms with E-state index in [2.05, 4.69) is 20.8 Å². The van der Waals surface area contributed by atoms with Gasteiger partial charge in [0.05, 0.1) is 15.7 Å². The largest absolute Gasteiger partial charge is 0.0938 e. The fourth-order valence-corrected chi connectivity index (χ4v) is 3.71. The Labute approximate surface area is 104 Å². The van der Waals surface area contributed by atoms with Crippen LogP contribution in [0.15, 0.2) is 0 Å². The van der Waals surface area contributed by atoms with Gasteiger partial charge in [-0.2, -0.15) is 0 Å². The Hall–Kier alpha value is 0.130. The Morgan fingerprint density at radius 3 is 1.81 bits per heavy atom. The summed E-state index contributed by atoms with van der Waals surface area (Å²) >= 11 is 0. The molecule has 0 unspecified atom stereocenters. The van der Waals surface area contributed by atoms with Gasteiger partial charge in [-0.3, -0.25) is 0 Å². The first-order valence-electron chi connectivity index (χ1n) is 6.95. The van der Waals surface area contributed by atoms with E-state index < -0.39 is 5.21 Å². The van der Waals surface area contributed by atoms with Crippen molar-refractivity contribution in [3.05, 3.63) is 0 Å². The Morgan fingerprint density at radius 2 is 1.44 bits per heavy atom. The lowest BCUT2D eigenvalue weighted by Gasteiger charge is -2.45. The van der Waals surface area contributed by atoms with Crippen molar-refractivity contribution in [2.45, 2.75) is 64.5 Å². The zero-order valence-electron chi connectivity index (χ0n) is 11.1. The van der Waals surface area contributed by atoms with Gasteiger partial charge in [-0.25, -0.2) is 0 Å². The molecule has 0 aromatic heterocycles. The van der Waals surface area contributed by atoms with Crippen molar-refractivity contribution < 1.29 is 0 Å². The number of fused-ring (bicyclic) bond motifs is 2. The molecule has 2 bridgehead atoms. The van der Waals surface area contributed by atoms with Crippen molar-refractivity contribution in [1.29, 1.82) is 0 Å². The summed E-state index contributed by atoms with van der Waals surface area (Å²) in [6, 6.07) is 0. The molecule has 0 N–H and O–H groups in total. The van der Waals surface area contributed by atoms with Crippen molar-refractivity contribution in [2.24, 2.45) is 23.2 Å². The summed E-state index contributed by atoms with van der Waals surface area (Å²) in [6.07, 6.45) is 7.80. The van der Waals surface area contributed by atoms with Crippen molar-refractivity contribution in [3.63, 3.8) is 0 Å². The molecule has 0 atom stereocenters.